The molecule has 2 heterocycles. The number of hydrogen-bond acceptors (Lipinski definition) is 3. The maximum Gasteiger partial charge on any atom is 0.406 e. The maximum absolute atomic E-state index is 13.3. The predicted octanol–water partition coefficient (Wildman–Crippen LogP) is 3.16. The van der Waals surface area contributed by atoms with E-state index in [0.29, 0.717) is 6.42 Å². The number of hydrogen-bond donors (Lipinski definition) is 2. The van der Waals surface area contributed by atoms with E-state index in [9.17, 15) is 13.2 Å². The van der Waals surface area contributed by atoms with E-state index in [1.165, 1.54) is 5.01 Å². The number of rotatable bonds is 0. The van der Waals surface area contributed by atoms with Gasteiger partial charge in [-0.25, -0.2) is 0 Å². The van der Waals surface area contributed by atoms with Crippen LogP contribution in [0.4, 0.5) is 13.2 Å². The van der Waals surface area contributed by atoms with Gasteiger partial charge in [0.1, 0.15) is 6.04 Å². The summed E-state index contributed by atoms with van der Waals surface area (Å²) in [7, 11) is 0. The molecule has 3 rings (SSSR count). The lowest BCUT2D eigenvalue weighted by atomic mass is 9.77. The zero-order valence-corrected chi connectivity index (χ0v) is 12.3. The predicted molar refractivity (Wildman–Crippen MR) is 72.6 cm³/mol. The maximum atomic E-state index is 13.3. The fourth-order valence-corrected chi connectivity index (χ4v) is 3.57. The summed E-state index contributed by atoms with van der Waals surface area (Å²) in [6, 6.07) is -1.38. The molecule has 20 heavy (non-hydrogen) atoms. The highest BCUT2D eigenvalue weighted by atomic mass is 19.4. The van der Waals surface area contributed by atoms with Gasteiger partial charge in [0.2, 0.25) is 0 Å². The lowest BCUT2D eigenvalue weighted by Crippen LogP contribution is -2.69. The van der Waals surface area contributed by atoms with Crippen LogP contribution in [0, 0.1) is 5.92 Å². The third kappa shape index (κ3) is 2.81. The van der Waals surface area contributed by atoms with Gasteiger partial charge in [0.15, 0.2) is 0 Å². The van der Waals surface area contributed by atoms with Crippen LogP contribution in [0.3, 0.4) is 0 Å². The molecular weight excluding hydrogens is 267 g/mol. The Labute approximate surface area is 118 Å². The molecule has 116 valence electrons. The highest BCUT2D eigenvalue weighted by Gasteiger charge is 2.56. The molecule has 2 fully saturated rings. The second kappa shape index (κ2) is 5.93. The summed E-state index contributed by atoms with van der Waals surface area (Å²) in [5, 5.41) is 4.69. The molecule has 4 atom stereocenters. The Kier molecular flexibility index (Phi) is 4.64. The van der Waals surface area contributed by atoms with Crippen LogP contribution >= 0.6 is 0 Å². The van der Waals surface area contributed by atoms with Gasteiger partial charge in [0.05, 0.1) is 6.17 Å². The van der Waals surface area contributed by atoms with Crippen molar-refractivity contribution in [2.45, 2.75) is 70.9 Å². The number of nitrogens with one attached hydrogen (secondary N) is 2. The Morgan fingerprint density at radius 3 is 2.50 bits per heavy atom. The summed E-state index contributed by atoms with van der Waals surface area (Å²) in [4.78, 5) is 0. The summed E-state index contributed by atoms with van der Waals surface area (Å²) in [5.41, 5.74) is 3.65. The normalized spacial score (nSPS) is 37.0. The van der Waals surface area contributed by atoms with Crippen molar-refractivity contribution in [3.63, 3.8) is 0 Å². The van der Waals surface area contributed by atoms with Crippen LogP contribution in [-0.2, 0) is 0 Å². The van der Waals surface area contributed by atoms with Crippen molar-refractivity contribution in [2.24, 2.45) is 5.92 Å². The summed E-state index contributed by atoms with van der Waals surface area (Å²) >= 11 is 0. The summed E-state index contributed by atoms with van der Waals surface area (Å²) in [5.74, 6) is -0.332. The molecule has 6 heteroatoms. The van der Waals surface area contributed by atoms with Gasteiger partial charge in [-0.15, -0.1) is 0 Å². The molecule has 1 saturated carbocycles. The van der Waals surface area contributed by atoms with Crippen molar-refractivity contribution in [1.82, 2.24) is 15.8 Å². The first-order chi connectivity index (χ1) is 9.47. The summed E-state index contributed by atoms with van der Waals surface area (Å²) in [6.07, 6.45) is 0.786. The van der Waals surface area contributed by atoms with Crippen molar-refractivity contribution in [3.05, 3.63) is 11.8 Å². The van der Waals surface area contributed by atoms with Gasteiger partial charge in [-0.3, -0.25) is 5.32 Å². The molecule has 3 nitrogen and oxygen atoms in total. The topological polar surface area (TPSA) is 27.3 Å². The van der Waals surface area contributed by atoms with E-state index in [2.05, 4.69) is 10.7 Å². The first-order valence-corrected chi connectivity index (χ1v) is 7.53. The Bertz CT molecular complexity index is 365. The van der Waals surface area contributed by atoms with Crippen molar-refractivity contribution in [3.8, 4) is 0 Å². The van der Waals surface area contributed by atoms with E-state index in [0.717, 1.165) is 25.0 Å². The van der Waals surface area contributed by atoms with E-state index in [-0.39, 0.29) is 18.1 Å². The van der Waals surface area contributed by atoms with Gasteiger partial charge >= 0.3 is 6.18 Å². The minimum Gasteiger partial charge on any atom is -0.321 e. The molecule has 2 aliphatic heterocycles. The van der Waals surface area contributed by atoms with Crippen LogP contribution in [-0.4, -0.2) is 29.4 Å². The second-order valence-corrected chi connectivity index (χ2v) is 5.52. The molecule has 2 N–H and O–H groups in total. The Morgan fingerprint density at radius 2 is 1.85 bits per heavy atom. The zero-order chi connectivity index (χ0) is 14.9. The fourth-order valence-electron chi connectivity index (χ4n) is 3.57. The smallest absolute Gasteiger partial charge is 0.321 e. The van der Waals surface area contributed by atoms with Gasteiger partial charge in [-0.2, -0.15) is 18.2 Å². The van der Waals surface area contributed by atoms with E-state index in [1.54, 1.807) is 6.92 Å². The van der Waals surface area contributed by atoms with Crippen LogP contribution in [0.2, 0.25) is 0 Å². The molecule has 0 bridgehead atoms. The van der Waals surface area contributed by atoms with Crippen molar-refractivity contribution >= 4 is 0 Å². The van der Waals surface area contributed by atoms with Crippen LogP contribution in [0.1, 0.15) is 46.5 Å². The van der Waals surface area contributed by atoms with Crippen molar-refractivity contribution in [2.75, 3.05) is 0 Å². The Balaban J connectivity index is 0.000000704. The van der Waals surface area contributed by atoms with Crippen LogP contribution < -0.4 is 10.7 Å². The number of fused-ring (bicyclic) bond motifs is 2. The number of allylic oxidation sites excluding steroid dienone is 1. The Morgan fingerprint density at radius 1 is 1.20 bits per heavy atom. The lowest BCUT2D eigenvalue weighted by molar-refractivity contribution is -0.226. The third-order valence-corrected chi connectivity index (χ3v) is 4.26. The largest absolute Gasteiger partial charge is 0.406 e. The monoisotopic (exact) mass is 291 g/mol. The van der Waals surface area contributed by atoms with Gasteiger partial charge in [0, 0.05) is 17.7 Å². The third-order valence-electron chi connectivity index (χ3n) is 4.26. The molecule has 1 aliphatic carbocycles. The van der Waals surface area contributed by atoms with E-state index >= 15 is 0 Å². The van der Waals surface area contributed by atoms with Gasteiger partial charge in [0.25, 0.3) is 0 Å². The molecular formula is C14H24F3N3. The van der Waals surface area contributed by atoms with Crippen molar-refractivity contribution < 1.29 is 13.2 Å². The van der Waals surface area contributed by atoms with Crippen LogP contribution in [0.5, 0.6) is 0 Å². The fraction of sp³-hybridized carbons (Fsp3) is 0.857. The minimum atomic E-state index is -4.17. The molecule has 0 aromatic rings. The van der Waals surface area contributed by atoms with E-state index in [4.69, 9.17) is 0 Å². The van der Waals surface area contributed by atoms with E-state index in [1.807, 2.05) is 19.9 Å². The average molecular weight is 291 g/mol. The first-order valence-electron chi connectivity index (χ1n) is 7.53. The van der Waals surface area contributed by atoms with Crippen molar-refractivity contribution in [1.29, 1.82) is 0 Å². The van der Waals surface area contributed by atoms with Crippen LogP contribution in [0.15, 0.2) is 11.8 Å². The van der Waals surface area contributed by atoms with Gasteiger partial charge in [-0.1, -0.05) is 26.7 Å². The highest BCUT2D eigenvalue weighted by Crippen LogP contribution is 2.42. The van der Waals surface area contributed by atoms with Gasteiger partial charge in [-0.05, 0) is 25.8 Å². The standard InChI is InChI=1S/C12H18F3N3.C2H6/c1-7-6-10-16-9-5-3-2-4-8(9)11(12(13,14)15)18(10)17-7;1-2/h6,8-11,16-17H,2-5H2,1H3;1-2H3/t8?,9-,10?,11+;/m1./s1. The molecule has 0 amide bonds. The number of alkyl halides is 3. The first kappa shape index (κ1) is 15.6. The quantitative estimate of drug-likeness (QED) is 0.718. The molecule has 1 saturated heterocycles. The number of nitrogens with zero attached hydrogens (tertiary/aromatic N) is 1. The second-order valence-electron chi connectivity index (χ2n) is 5.52. The number of halogens is 3. The van der Waals surface area contributed by atoms with E-state index < -0.39 is 12.2 Å². The zero-order valence-electron chi connectivity index (χ0n) is 12.3. The highest BCUT2D eigenvalue weighted by molar-refractivity contribution is 5.14. The lowest BCUT2D eigenvalue weighted by Gasteiger charge is -2.49. The minimum absolute atomic E-state index is 0.00410. The van der Waals surface area contributed by atoms with Gasteiger partial charge < -0.3 is 5.43 Å². The summed E-state index contributed by atoms with van der Waals surface area (Å²) in [6.45, 7) is 5.80. The number of hydrazine groups is 1. The molecule has 0 radical (unpaired) electrons. The summed E-state index contributed by atoms with van der Waals surface area (Å²) < 4.78 is 40.0. The average Bonchev–Trinajstić information content (AvgIpc) is 2.76. The molecule has 2 unspecified atom stereocenters. The Hall–Kier alpha value is -0.750. The SMILES string of the molecule is CC.CC1=CC2N[C@@H]3CCCCC3[C@@H](C(F)(F)F)N2N1. The molecule has 0 aromatic carbocycles. The van der Waals surface area contributed by atoms with Crippen LogP contribution in [0.25, 0.3) is 0 Å². The molecule has 0 spiro atoms. The molecule has 0 aromatic heterocycles. The molecule has 3 aliphatic rings.